The molecule has 1 aromatic heterocycles. The van der Waals surface area contributed by atoms with Crippen molar-refractivity contribution in [2.75, 3.05) is 14.2 Å². The highest BCUT2D eigenvalue weighted by atomic mass is 16.5. The summed E-state index contributed by atoms with van der Waals surface area (Å²) in [4.78, 5) is 29.2. The van der Waals surface area contributed by atoms with Crippen LogP contribution in [0.3, 0.4) is 0 Å². The van der Waals surface area contributed by atoms with Crippen LogP contribution in [0.25, 0.3) is 10.9 Å². The Morgan fingerprint density at radius 3 is 1.95 bits per heavy atom. The Balaban J connectivity index is 1.36. The summed E-state index contributed by atoms with van der Waals surface area (Å²) < 4.78 is 16.8. The number of carbonyl (C=O) groups excluding carboxylic acids is 2. The van der Waals surface area contributed by atoms with E-state index >= 15 is 0 Å². The standard InChI is InChI=1S/C30H26N2O5/c1-35-29-18-26-27(19-30(29)36-2)32-14-12-28(26)37-25-9-7-22(8-10-25)16-24(34)17-23(33)15-21-5-3-20(4-6-21)11-13-31/h3-10,12,14,18-19H,11,15-17H2,1-2H3. The van der Waals surface area contributed by atoms with E-state index < -0.39 is 0 Å². The van der Waals surface area contributed by atoms with Gasteiger partial charge >= 0.3 is 0 Å². The minimum Gasteiger partial charge on any atom is -0.493 e. The smallest absolute Gasteiger partial charge is 0.162 e. The molecule has 186 valence electrons. The number of ether oxygens (including phenoxy) is 3. The number of fused-ring (bicyclic) bond motifs is 1. The molecule has 3 aromatic carbocycles. The molecule has 7 nitrogen and oxygen atoms in total. The molecule has 0 bridgehead atoms. The van der Waals surface area contributed by atoms with E-state index in [2.05, 4.69) is 11.1 Å². The lowest BCUT2D eigenvalue weighted by Crippen LogP contribution is -2.12. The summed E-state index contributed by atoms with van der Waals surface area (Å²) in [6, 6.07) is 22.0. The van der Waals surface area contributed by atoms with Gasteiger partial charge in [0.05, 0.1) is 38.6 Å². The zero-order valence-electron chi connectivity index (χ0n) is 20.7. The van der Waals surface area contributed by atoms with Crippen molar-refractivity contribution in [3.05, 3.63) is 89.6 Å². The molecule has 7 heteroatoms. The van der Waals surface area contributed by atoms with Gasteiger partial charge in [-0.25, -0.2) is 0 Å². The zero-order valence-corrected chi connectivity index (χ0v) is 20.7. The molecule has 4 aromatic rings. The van der Waals surface area contributed by atoms with Crippen molar-refractivity contribution in [1.29, 1.82) is 5.26 Å². The Kier molecular flexibility index (Phi) is 8.11. The van der Waals surface area contributed by atoms with Gasteiger partial charge in [0, 0.05) is 30.5 Å². The monoisotopic (exact) mass is 494 g/mol. The van der Waals surface area contributed by atoms with E-state index in [-0.39, 0.29) is 30.8 Å². The number of nitriles is 1. The summed E-state index contributed by atoms with van der Waals surface area (Å²) in [5, 5.41) is 9.52. The van der Waals surface area contributed by atoms with Crippen molar-refractivity contribution in [2.45, 2.75) is 25.7 Å². The molecule has 0 fully saturated rings. The normalized spacial score (nSPS) is 10.5. The highest BCUT2D eigenvalue weighted by Crippen LogP contribution is 2.36. The van der Waals surface area contributed by atoms with Gasteiger partial charge in [0.25, 0.3) is 0 Å². The fourth-order valence-electron chi connectivity index (χ4n) is 4.01. The number of rotatable bonds is 11. The van der Waals surface area contributed by atoms with Crippen LogP contribution in [0.4, 0.5) is 0 Å². The fraction of sp³-hybridized carbons (Fsp3) is 0.200. The molecular weight excluding hydrogens is 468 g/mol. The molecule has 0 saturated heterocycles. The SMILES string of the molecule is COc1cc2nccc(Oc3ccc(CC(=O)CC(=O)Cc4ccc(CC#N)cc4)cc3)c2cc1OC. The predicted octanol–water partition coefficient (Wildman–Crippen LogP) is 5.42. The lowest BCUT2D eigenvalue weighted by Gasteiger charge is -2.12. The Hall–Kier alpha value is -4.70. The second kappa shape index (κ2) is 11.8. The van der Waals surface area contributed by atoms with Crippen LogP contribution in [0.5, 0.6) is 23.0 Å². The van der Waals surface area contributed by atoms with Gasteiger partial charge in [-0.15, -0.1) is 0 Å². The molecule has 1 heterocycles. The fourth-order valence-corrected chi connectivity index (χ4v) is 4.01. The first kappa shape index (κ1) is 25.4. The highest BCUT2D eigenvalue weighted by Gasteiger charge is 2.13. The molecule has 4 rings (SSSR count). The molecule has 0 N–H and O–H groups in total. The number of hydrogen-bond acceptors (Lipinski definition) is 7. The van der Waals surface area contributed by atoms with Gasteiger partial charge < -0.3 is 14.2 Å². The first-order valence-corrected chi connectivity index (χ1v) is 11.7. The topological polar surface area (TPSA) is 98.5 Å². The first-order chi connectivity index (χ1) is 18.0. The molecule has 0 aliphatic carbocycles. The number of methoxy groups -OCH3 is 2. The van der Waals surface area contributed by atoms with Crippen molar-refractivity contribution >= 4 is 22.5 Å². The quantitative estimate of drug-likeness (QED) is 0.257. The molecule has 37 heavy (non-hydrogen) atoms. The minimum absolute atomic E-state index is 0.119. The Bertz CT molecular complexity index is 1450. The van der Waals surface area contributed by atoms with E-state index in [9.17, 15) is 9.59 Å². The van der Waals surface area contributed by atoms with E-state index in [4.69, 9.17) is 19.5 Å². The third-order valence-electron chi connectivity index (χ3n) is 5.86. The summed E-state index contributed by atoms with van der Waals surface area (Å²) in [6.07, 6.45) is 2.24. The van der Waals surface area contributed by atoms with Crippen LogP contribution >= 0.6 is 0 Å². The number of ketones is 2. The first-order valence-electron chi connectivity index (χ1n) is 11.7. The molecule has 0 spiro atoms. The summed E-state index contributed by atoms with van der Waals surface area (Å²) in [6.45, 7) is 0. The van der Waals surface area contributed by atoms with E-state index in [0.29, 0.717) is 34.9 Å². The van der Waals surface area contributed by atoms with E-state index in [1.807, 2.05) is 42.5 Å². The maximum atomic E-state index is 12.5. The Labute approximate surface area is 215 Å². The lowest BCUT2D eigenvalue weighted by atomic mass is 10.0. The zero-order chi connectivity index (χ0) is 26.2. The Morgan fingerprint density at radius 1 is 0.784 bits per heavy atom. The van der Waals surface area contributed by atoms with Crippen LogP contribution in [0, 0.1) is 11.3 Å². The number of hydrogen-bond donors (Lipinski definition) is 0. The van der Waals surface area contributed by atoms with Crippen molar-refractivity contribution in [1.82, 2.24) is 4.98 Å². The second-order valence-electron chi connectivity index (χ2n) is 8.54. The molecule has 0 saturated carbocycles. The van der Waals surface area contributed by atoms with Crippen LogP contribution in [0.15, 0.2) is 72.9 Å². The van der Waals surface area contributed by atoms with Crippen molar-refractivity contribution in [3.8, 4) is 29.1 Å². The maximum Gasteiger partial charge on any atom is 0.162 e. The molecule has 0 radical (unpaired) electrons. The summed E-state index contributed by atoms with van der Waals surface area (Å²) in [7, 11) is 3.15. The highest BCUT2D eigenvalue weighted by molar-refractivity contribution is 6.00. The maximum absolute atomic E-state index is 12.5. The number of aromatic nitrogens is 1. The van der Waals surface area contributed by atoms with Crippen LogP contribution in [0.2, 0.25) is 0 Å². The lowest BCUT2D eigenvalue weighted by molar-refractivity contribution is -0.126. The van der Waals surface area contributed by atoms with Crippen LogP contribution < -0.4 is 14.2 Å². The molecule has 0 amide bonds. The van der Waals surface area contributed by atoms with Crippen LogP contribution in [0.1, 0.15) is 23.1 Å². The van der Waals surface area contributed by atoms with E-state index in [1.165, 1.54) is 0 Å². The molecule has 0 aliphatic heterocycles. The largest absolute Gasteiger partial charge is 0.493 e. The van der Waals surface area contributed by atoms with Gasteiger partial charge in [0.1, 0.15) is 23.1 Å². The number of Topliss-reactive ketones (excluding diaryl/α,β-unsaturated/α-hetero) is 2. The molecule has 0 aliphatic rings. The average molecular weight is 495 g/mol. The average Bonchev–Trinajstić information content (AvgIpc) is 2.90. The third kappa shape index (κ3) is 6.50. The van der Waals surface area contributed by atoms with Gasteiger partial charge in [-0.05, 0) is 41.0 Å². The minimum atomic E-state index is -0.138. The molecular formula is C30H26N2O5. The number of benzene rings is 3. The van der Waals surface area contributed by atoms with Gasteiger partial charge in [-0.1, -0.05) is 36.4 Å². The predicted molar refractivity (Wildman–Crippen MR) is 139 cm³/mol. The van der Waals surface area contributed by atoms with Crippen molar-refractivity contribution in [2.24, 2.45) is 0 Å². The number of pyridine rings is 1. The third-order valence-corrected chi connectivity index (χ3v) is 5.86. The van der Waals surface area contributed by atoms with Crippen LogP contribution in [-0.4, -0.2) is 30.8 Å². The van der Waals surface area contributed by atoms with Crippen LogP contribution in [-0.2, 0) is 28.9 Å². The van der Waals surface area contributed by atoms with Gasteiger partial charge in [0.2, 0.25) is 0 Å². The summed E-state index contributed by atoms with van der Waals surface area (Å²) >= 11 is 0. The second-order valence-corrected chi connectivity index (χ2v) is 8.54. The van der Waals surface area contributed by atoms with Gasteiger partial charge in [-0.3, -0.25) is 14.6 Å². The van der Waals surface area contributed by atoms with Gasteiger partial charge in [0.15, 0.2) is 11.5 Å². The van der Waals surface area contributed by atoms with Crippen molar-refractivity contribution in [3.63, 3.8) is 0 Å². The summed E-state index contributed by atoms with van der Waals surface area (Å²) in [5.41, 5.74) is 3.25. The van der Waals surface area contributed by atoms with Crippen molar-refractivity contribution < 1.29 is 23.8 Å². The van der Waals surface area contributed by atoms with E-state index in [1.54, 1.807) is 44.7 Å². The molecule has 0 unspecified atom stereocenters. The summed E-state index contributed by atoms with van der Waals surface area (Å²) in [5.74, 6) is 2.11. The van der Waals surface area contributed by atoms with Gasteiger partial charge in [-0.2, -0.15) is 5.26 Å². The Morgan fingerprint density at radius 2 is 1.35 bits per heavy atom. The number of carbonyl (C=O) groups is 2. The molecule has 0 atom stereocenters. The number of nitrogens with zero attached hydrogens (tertiary/aromatic N) is 2. The van der Waals surface area contributed by atoms with E-state index in [0.717, 1.165) is 22.1 Å².